The van der Waals surface area contributed by atoms with Crippen molar-refractivity contribution in [1.29, 1.82) is 0 Å². The molecule has 4 nitrogen and oxygen atoms in total. The fourth-order valence-electron chi connectivity index (χ4n) is 2.86. The maximum Gasteiger partial charge on any atom is 0.193 e. The number of aromatic nitrogens is 1. The largest absolute Gasteiger partial charge is 0.370 e. The molecule has 0 atom stereocenters. The summed E-state index contributed by atoms with van der Waals surface area (Å²) in [5.74, 6) is 0.493. The van der Waals surface area contributed by atoms with Crippen LogP contribution in [0.2, 0.25) is 0 Å². The highest BCUT2D eigenvalue weighted by Crippen LogP contribution is 2.27. The van der Waals surface area contributed by atoms with Crippen LogP contribution >= 0.6 is 11.3 Å². The first-order valence-electron chi connectivity index (χ1n) is 7.81. The lowest BCUT2D eigenvalue weighted by molar-refractivity contribution is 0.687. The van der Waals surface area contributed by atoms with Gasteiger partial charge in [-0.05, 0) is 49.8 Å². The molecule has 22 heavy (non-hydrogen) atoms. The van der Waals surface area contributed by atoms with Crippen molar-refractivity contribution in [2.45, 2.75) is 39.0 Å². The molecule has 1 aliphatic rings. The Morgan fingerprint density at radius 1 is 1.36 bits per heavy atom. The molecule has 0 saturated carbocycles. The summed E-state index contributed by atoms with van der Waals surface area (Å²) < 4.78 is 0. The van der Waals surface area contributed by atoms with E-state index in [0.29, 0.717) is 12.5 Å². The van der Waals surface area contributed by atoms with Gasteiger partial charge in [0.1, 0.15) is 0 Å². The molecule has 0 aliphatic heterocycles. The van der Waals surface area contributed by atoms with E-state index in [2.05, 4.69) is 40.4 Å². The van der Waals surface area contributed by atoms with Crippen LogP contribution in [0.3, 0.4) is 0 Å². The van der Waals surface area contributed by atoms with Crippen LogP contribution in [0.15, 0.2) is 29.4 Å². The number of fused-ring (bicyclic) bond motifs is 1. The van der Waals surface area contributed by atoms with Gasteiger partial charge in [-0.1, -0.05) is 12.1 Å². The molecule has 0 fully saturated rings. The van der Waals surface area contributed by atoms with E-state index < -0.39 is 0 Å². The maximum absolute atomic E-state index is 6.03. The zero-order valence-electron chi connectivity index (χ0n) is 12.9. The molecule has 1 heterocycles. The summed E-state index contributed by atoms with van der Waals surface area (Å²) in [7, 11) is 0. The normalized spacial score (nSPS) is 14.7. The molecule has 5 heteroatoms. The van der Waals surface area contributed by atoms with Crippen LogP contribution in [0.1, 0.15) is 33.9 Å². The first kappa shape index (κ1) is 15.0. The van der Waals surface area contributed by atoms with Gasteiger partial charge in [0.25, 0.3) is 0 Å². The molecule has 1 aromatic carbocycles. The zero-order valence-corrected chi connectivity index (χ0v) is 13.7. The highest BCUT2D eigenvalue weighted by Gasteiger charge is 2.13. The Morgan fingerprint density at radius 2 is 2.23 bits per heavy atom. The number of aliphatic imine (C=N–C) groups is 1. The molecule has 0 unspecified atom stereocenters. The predicted octanol–water partition coefficient (Wildman–Crippen LogP) is 3.30. The van der Waals surface area contributed by atoms with Gasteiger partial charge in [0.15, 0.2) is 5.96 Å². The molecule has 1 aromatic heterocycles. The summed E-state index contributed by atoms with van der Waals surface area (Å²) in [6.07, 6.45) is 7.59. The third-order valence-electron chi connectivity index (χ3n) is 3.94. The van der Waals surface area contributed by atoms with E-state index in [4.69, 9.17) is 5.73 Å². The number of rotatable bonds is 4. The quantitative estimate of drug-likeness (QED) is 0.672. The Balaban J connectivity index is 1.61. The van der Waals surface area contributed by atoms with Gasteiger partial charge in [-0.15, -0.1) is 11.3 Å². The minimum atomic E-state index is 0.493. The van der Waals surface area contributed by atoms with Gasteiger partial charge in [0, 0.05) is 29.7 Å². The van der Waals surface area contributed by atoms with Crippen molar-refractivity contribution in [1.82, 2.24) is 4.98 Å². The monoisotopic (exact) mass is 314 g/mol. The lowest BCUT2D eigenvalue weighted by Crippen LogP contribution is -2.24. The van der Waals surface area contributed by atoms with Crippen molar-refractivity contribution >= 4 is 23.0 Å². The van der Waals surface area contributed by atoms with E-state index in [1.807, 2.05) is 6.20 Å². The highest BCUT2D eigenvalue weighted by molar-refractivity contribution is 7.11. The molecule has 3 N–H and O–H groups in total. The van der Waals surface area contributed by atoms with Crippen LogP contribution in [-0.4, -0.2) is 17.5 Å². The van der Waals surface area contributed by atoms with E-state index in [9.17, 15) is 0 Å². The molecular weight excluding hydrogens is 292 g/mol. The smallest absolute Gasteiger partial charge is 0.193 e. The van der Waals surface area contributed by atoms with Crippen LogP contribution in [0.25, 0.3) is 0 Å². The molecule has 0 saturated heterocycles. The van der Waals surface area contributed by atoms with Crippen LogP contribution in [-0.2, 0) is 19.3 Å². The van der Waals surface area contributed by atoms with Gasteiger partial charge >= 0.3 is 0 Å². The Labute approximate surface area is 135 Å². The number of thiazole rings is 1. The number of nitrogens with two attached hydrogens (primary N) is 1. The number of aryl methyl sites for hydroxylation is 2. The van der Waals surface area contributed by atoms with Crippen molar-refractivity contribution in [2.24, 2.45) is 10.7 Å². The van der Waals surface area contributed by atoms with Gasteiger partial charge in [-0.2, -0.15) is 0 Å². The summed E-state index contributed by atoms with van der Waals surface area (Å²) in [4.78, 5) is 10.0. The Morgan fingerprint density at radius 3 is 3.05 bits per heavy atom. The molecular formula is C17H22N4S. The van der Waals surface area contributed by atoms with Gasteiger partial charge in [0.2, 0.25) is 0 Å². The summed E-state index contributed by atoms with van der Waals surface area (Å²) in [5.41, 5.74) is 10.00. The molecule has 0 radical (unpaired) electrons. The lowest BCUT2D eigenvalue weighted by Gasteiger charge is -2.19. The zero-order chi connectivity index (χ0) is 15.4. The fourth-order valence-corrected chi connectivity index (χ4v) is 3.64. The van der Waals surface area contributed by atoms with Gasteiger partial charge in [-0.25, -0.2) is 4.98 Å². The maximum atomic E-state index is 6.03. The van der Waals surface area contributed by atoms with E-state index in [1.165, 1.54) is 35.3 Å². The molecule has 0 spiro atoms. The van der Waals surface area contributed by atoms with E-state index in [1.54, 1.807) is 11.3 Å². The molecule has 0 amide bonds. The van der Waals surface area contributed by atoms with Crippen molar-refractivity contribution in [2.75, 3.05) is 11.9 Å². The van der Waals surface area contributed by atoms with Crippen LogP contribution in [0.4, 0.5) is 5.69 Å². The Hall–Kier alpha value is -1.88. The first-order chi connectivity index (χ1) is 10.7. The number of nitrogens with one attached hydrogen (secondary N) is 1. The number of benzene rings is 1. The van der Waals surface area contributed by atoms with Crippen molar-refractivity contribution in [3.05, 3.63) is 45.4 Å². The first-order valence-corrected chi connectivity index (χ1v) is 8.63. The van der Waals surface area contributed by atoms with E-state index in [-0.39, 0.29) is 0 Å². The Bertz CT molecular complexity index is 675. The number of nitrogens with zero attached hydrogens (tertiary/aromatic N) is 2. The number of anilines is 1. The second-order valence-corrected chi connectivity index (χ2v) is 6.98. The van der Waals surface area contributed by atoms with Crippen molar-refractivity contribution in [3.8, 4) is 0 Å². The third-order valence-corrected chi connectivity index (χ3v) is 4.91. The van der Waals surface area contributed by atoms with Crippen molar-refractivity contribution < 1.29 is 0 Å². The van der Waals surface area contributed by atoms with E-state index >= 15 is 0 Å². The third kappa shape index (κ3) is 3.65. The molecule has 0 bridgehead atoms. The summed E-state index contributed by atoms with van der Waals surface area (Å²) >= 11 is 1.72. The number of hydrogen-bond donors (Lipinski definition) is 2. The molecule has 2 aromatic rings. The average Bonchev–Trinajstić information content (AvgIpc) is 2.93. The Kier molecular flexibility index (Phi) is 4.73. The minimum absolute atomic E-state index is 0.493. The molecule has 1 aliphatic carbocycles. The molecule has 3 rings (SSSR count). The fraction of sp³-hybridized carbons (Fsp3) is 0.412. The second kappa shape index (κ2) is 6.92. The van der Waals surface area contributed by atoms with Crippen LogP contribution in [0.5, 0.6) is 0 Å². The van der Waals surface area contributed by atoms with Gasteiger partial charge < -0.3 is 11.1 Å². The van der Waals surface area contributed by atoms with Crippen LogP contribution < -0.4 is 11.1 Å². The summed E-state index contributed by atoms with van der Waals surface area (Å²) in [6.45, 7) is 2.74. The topological polar surface area (TPSA) is 63.3 Å². The summed E-state index contributed by atoms with van der Waals surface area (Å²) in [5, 5.41) is 4.39. The van der Waals surface area contributed by atoms with Crippen LogP contribution in [0, 0.1) is 6.92 Å². The lowest BCUT2D eigenvalue weighted by atomic mass is 9.90. The average molecular weight is 314 g/mol. The van der Waals surface area contributed by atoms with E-state index in [0.717, 1.165) is 23.5 Å². The number of hydrogen-bond acceptors (Lipinski definition) is 3. The van der Waals surface area contributed by atoms with Gasteiger partial charge in [-0.3, -0.25) is 4.99 Å². The number of guanidine groups is 1. The van der Waals surface area contributed by atoms with Gasteiger partial charge in [0.05, 0.1) is 5.01 Å². The minimum Gasteiger partial charge on any atom is -0.370 e. The second-order valence-electron chi connectivity index (χ2n) is 5.66. The molecule has 116 valence electrons. The van der Waals surface area contributed by atoms with Crippen molar-refractivity contribution in [3.63, 3.8) is 0 Å². The predicted molar refractivity (Wildman–Crippen MR) is 93.8 cm³/mol. The summed E-state index contributed by atoms with van der Waals surface area (Å²) in [6, 6.07) is 6.41. The standard InChI is InChI=1S/C17H22N4S/c1-12-11-20-16(22-12)9-10-19-17(18)21-15-8-4-6-13-5-2-3-7-14(13)15/h4,6,8,11H,2-3,5,7,9-10H2,1H3,(H3,18,19,21). The SMILES string of the molecule is Cc1cnc(CCN=C(N)Nc2cccc3c2CCCC3)s1. The highest BCUT2D eigenvalue weighted by atomic mass is 32.1.